The van der Waals surface area contributed by atoms with Crippen LogP contribution in [0.1, 0.15) is 61.3 Å². The monoisotopic (exact) mass is 605 g/mol. The molecule has 4 heterocycles. The number of nitrogen functional groups attached to an aromatic ring is 1. The number of nitrogens with zero attached hydrogens (tertiary/aromatic N) is 4. The number of aliphatic carboxylic acids is 1. The summed E-state index contributed by atoms with van der Waals surface area (Å²) in [4.78, 5) is 37.9. The molecule has 0 saturated carbocycles. The number of hydrogen-bond donors (Lipinski definition) is 4. The molecule has 1 amide bonds. The molecular weight excluding hydrogens is 577 g/mol. The average Bonchev–Trinajstić information content (AvgIpc) is 3.42. The summed E-state index contributed by atoms with van der Waals surface area (Å²) < 4.78 is 65.6. The minimum Gasteiger partial charge on any atom is -0.481 e. The molecule has 0 saturated heterocycles. The maximum absolute atomic E-state index is 13.7. The molecule has 5 rings (SSSR count). The van der Waals surface area contributed by atoms with E-state index < -0.39 is 53.8 Å². The summed E-state index contributed by atoms with van der Waals surface area (Å²) in [6, 6.07) is 9.17. The van der Waals surface area contributed by atoms with Gasteiger partial charge in [0.05, 0.1) is 11.0 Å². The number of nitrogens with two attached hydrogens (primary N) is 1. The van der Waals surface area contributed by atoms with Gasteiger partial charge in [-0.05, 0) is 44.4 Å². The van der Waals surface area contributed by atoms with Gasteiger partial charge in [0.1, 0.15) is 28.9 Å². The Labute approximate surface area is 242 Å². The second-order valence-corrected chi connectivity index (χ2v) is 11.4. The third kappa shape index (κ3) is 5.11. The zero-order valence-electron chi connectivity index (χ0n) is 23.3. The molecule has 2 atom stereocenters. The van der Waals surface area contributed by atoms with Crippen molar-refractivity contribution in [1.29, 1.82) is 0 Å². The van der Waals surface area contributed by atoms with E-state index in [1.165, 1.54) is 6.20 Å². The smallest absolute Gasteiger partial charge is 0.453 e. The van der Waals surface area contributed by atoms with E-state index in [0.717, 1.165) is 10.6 Å². The average molecular weight is 606 g/mol. The fourth-order valence-electron chi connectivity index (χ4n) is 5.28. The van der Waals surface area contributed by atoms with Gasteiger partial charge >= 0.3 is 18.1 Å². The highest BCUT2D eigenvalue weighted by Crippen LogP contribution is 2.46. The number of fused-ring (bicyclic) bond motifs is 2. The summed E-state index contributed by atoms with van der Waals surface area (Å²) in [7, 11) is 0. The number of amides is 1. The minimum absolute atomic E-state index is 0.0359. The number of rotatable bonds is 8. The van der Waals surface area contributed by atoms with Crippen LogP contribution in [0.3, 0.4) is 0 Å². The van der Waals surface area contributed by atoms with Crippen LogP contribution in [0.2, 0.25) is 0 Å². The molecule has 228 valence electrons. The Bertz CT molecular complexity index is 1600. The zero-order chi connectivity index (χ0) is 31.5. The van der Waals surface area contributed by atoms with Gasteiger partial charge in [0.15, 0.2) is 5.82 Å². The number of hydrogen-bond acceptors (Lipinski definition) is 8. The molecule has 5 N–H and O–H groups in total. The molecule has 2 aromatic heterocycles. The number of carbonyl (C=O) groups is 2. The van der Waals surface area contributed by atoms with Crippen LogP contribution in [0.25, 0.3) is 0 Å². The van der Waals surface area contributed by atoms with Gasteiger partial charge in [-0.25, -0.2) is 20.4 Å². The molecule has 0 spiro atoms. The van der Waals surface area contributed by atoms with Gasteiger partial charge in [0.25, 0.3) is 0 Å². The predicted molar refractivity (Wildman–Crippen MR) is 145 cm³/mol. The van der Waals surface area contributed by atoms with Crippen molar-refractivity contribution in [3.63, 3.8) is 0 Å². The van der Waals surface area contributed by atoms with Gasteiger partial charge in [0.2, 0.25) is 5.91 Å². The fourth-order valence-corrected chi connectivity index (χ4v) is 5.28. The lowest BCUT2D eigenvalue weighted by Crippen LogP contribution is -2.43. The number of alkyl halides is 5. The first-order chi connectivity index (χ1) is 20.0. The molecule has 1 aromatic carbocycles. The summed E-state index contributed by atoms with van der Waals surface area (Å²) in [5.41, 5.74) is 9.01. The lowest BCUT2D eigenvalue weighted by atomic mass is 9.77. The number of aromatic nitrogens is 3. The second kappa shape index (κ2) is 10.1. The summed E-state index contributed by atoms with van der Waals surface area (Å²) in [6.07, 6.45) is -5.57. The molecule has 0 radical (unpaired) electrons. The first kappa shape index (κ1) is 30.1. The largest absolute Gasteiger partial charge is 0.481 e. The third-order valence-corrected chi connectivity index (χ3v) is 7.89. The number of pyridine rings is 1. The van der Waals surface area contributed by atoms with Crippen molar-refractivity contribution in [2.24, 2.45) is 5.41 Å². The quantitative estimate of drug-likeness (QED) is 0.275. The summed E-state index contributed by atoms with van der Waals surface area (Å²) in [6.45, 7) is 4.17. The maximum atomic E-state index is 13.7. The number of anilines is 3. The van der Waals surface area contributed by atoms with Gasteiger partial charge in [-0.3, -0.25) is 14.6 Å². The fraction of sp³-hybridized carbons (Fsp3) is 0.393. The van der Waals surface area contributed by atoms with E-state index in [0.29, 0.717) is 16.7 Å². The van der Waals surface area contributed by atoms with Crippen LogP contribution in [0, 0.1) is 5.41 Å². The Hall–Kier alpha value is -4.40. The lowest BCUT2D eigenvalue weighted by Gasteiger charge is -2.25. The van der Waals surface area contributed by atoms with Crippen LogP contribution in [0.4, 0.5) is 39.4 Å². The van der Waals surface area contributed by atoms with Crippen LogP contribution in [-0.2, 0) is 21.4 Å². The Morgan fingerprint density at radius 2 is 1.79 bits per heavy atom. The van der Waals surface area contributed by atoms with E-state index in [1.807, 2.05) is 0 Å². The second-order valence-electron chi connectivity index (χ2n) is 11.4. The van der Waals surface area contributed by atoms with Crippen molar-refractivity contribution in [2.75, 3.05) is 22.6 Å². The van der Waals surface area contributed by atoms with Gasteiger partial charge in [-0.15, -0.1) is 0 Å². The molecule has 43 heavy (non-hydrogen) atoms. The van der Waals surface area contributed by atoms with Crippen molar-refractivity contribution >= 4 is 29.3 Å². The number of hydrazine groups is 1. The minimum atomic E-state index is -5.70. The van der Waals surface area contributed by atoms with Crippen LogP contribution >= 0.6 is 0 Å². The Morgan fingerprint density at radius 1 is 1.12 bits per heavy atom. The van der Waals surface area contributed by atoms with E-state index in [2.05, 4.69) is 25.7 Å². The third-order valence-electron chi connectivity index (χ3n) is 7.89. The molecule has 0 aliphatic carbocycles. The van der Waals surface area contributed by atoms with Gasteiger partial charge < -0.3 is 16.2 Å². The number of halogens is 5. The summed E-state index contributed by atoms with van der Waals surface area (Å²) >= 11 is 0. The number of carbonyl (C=O) groups excluding carboxylic acids is 1. The topological polar surface area (TPSA) is 146 Å². The first-order valence-corrected chi connectivity index (χ1v) is 13.2. The molecule has 10 nitrogen and oxygen atoms in total. The van der Waals surface area contributed by atoms with Crippen LogP contribution in [0.5, 0.6) is 0 Å². The van der Waals surface area contributed by atoms with E-state index in [1.54, 1.807) is 57.2 Å². The Kier molecular flexibility index (Phi) is 7.07. The molecule has 2 aliphatic heterocycles. The molecular formula is C28H28F5N7O3. The number of carboxylic acid groups (broad SMARTS) is 1. The summed E-state index contributed by atoms with van der Waals surface area (Å²) in [5, 5.41) is 13.3. The molecule has 3 aromatic rings. The van der Waals surface area contributed by atoms with Gasteiger partial charge in [-0.2, -0.15) is 22.0 Å². The van der Waals surface area contributed by atoms with Gasteiger partial charge in [0, 0.05) is 24.7 Å². The highest BCUT2D eigenvalue weighted by atomic mass is 19.4. The van der Waals surface area contributed by atoms with E-state index in [4.69, 9.17) is 5.73 Å². The molecule has 0 fully saturated rings. The first-order valence-electron chi connectivity index (χ1n) is 13.2. The molecule has 0 bridgehead atoms. The number of carboxylic acids is 1. The van der Waals surface area contributed by atoms with Crippen molar-refractivity contribution in [2.45, 2.75) is 57.2 Å². The van der Waals surface area contributed by atoms with Crippen molar-refractivity contribution in [1.82, 2.24) is 20.4 Å². The SMILES string of the molecule is CC(C)(Cc1ccc([C@@]2(C)C(=O)Nc3nc([C@@H]4NN(CCC(F)(F)C(F)(F)F)c5ncccc54)nc(N)c32)cc1)C(=O)O. The maximum Gasteiger partial charge on any atom is 0.453 e. The number of benzene rings is 1. The van der Waals surface area contributed by atoms with E-state index in [-0.39, 0.29) is 29.7 Å². The molecule has 0 unspecified atom stereocenters. The normalized spacial score (nSPS) is 20.1. The zero-order valence-corrected chi connectivity index (χ0v) is 23.3. The van der Waals surface area contributed by atoms with Gasteiger partial charge in [-0.1, -0.05) is 30.3 Å². The van der Waals surface area contributed by atoms with Crippen molar-refractivity contribution < 1.29 is 36.6 Å². The van der Waals surface area contributed by atoms with Crippen LogP contribution in [0.15, 0.2) is 42.6 Å². The predicted octanol–water partition coefficient (Wildman–Crippen LogP) is 4.37. The summed E-state index contributed by atoms with van der Waals surface area (Å²) in [5.74, 6) is -6.01. The van der Waals surface area contributed by atoms with Crippen molar-refractivity contribution in [3.8, 4) is 0 Å². The van der Waals surface area contributed by atoms with E-state index in [9.17, 15) is 36.6 Å². The van der Waals surface area contributed by atoms with E-state index >= 15 is 0 Å². The Balaban J connectivity index is 1.44. The van der Waals surface area contributed by atoms with Crippen LogP contribution in [-0.4, -0.2) is 50.6 Å². The van der Waals surface area contributed by atoms with Crippen LogP contribution < -0.4 is 21.5 Å². The number of nitrogens with one attached hydrogen (secondary N) is 2. The highest BCUT2D eigenvalue weighted by molar-refractivity contribution is 6.08. The standard InChI is InChI=1S/C28H28F5N7O3/c1-25(2,24(42)43)13-14-6-8-15(9-7-14)26(3)17-19(34)36-21(37-20(17)38-23(26)41)18-16-5-4-11-35-22(16)40(39-18)12-10-27(29,30)28(31,32)33/h4-9,11,18,39H,10,12-13H2,1-3H3,(H,42,43)(H3,34,36,37,38,41)/t18-,26-/m1/s1. The van der Waals surface area contributed by atoms with Crippen molar-refractivity contribution in [3.05, 3.63) is 70.7 Å². The highest BCUT2D eigenvalue weighted by Gasteiger charge is 2.57. The molecule has 15 heteroatoms. The molecule has 2 aliphatic rings. The lowest BCUT2D eigenvalue weighted by molar-refractivity contribution is -0.283. The Morgan fingerprint density at radius 3 is 2.42 bits per heavy atom.